The number of pyridine rings is 1. The third-order valence-corrected chi connectivity index (χ3v) is 4.36. The van der Waals surface area contributed by atoms with Crippen LogP contribution in [0.15, 0.2) is 52.0 Å². The average Bonchev–Trinajstić information content (AvgIpc) is 2.33. The summed E-state index contributed by atoms with van der Waals surface area (Å²) in [6, 6.07) is 9.53. The fraction of sp³-hybridized carbons (Fsp3) is 0.0833. The van der Waals surface area contributed by atoms with Crippen molar-refractivity contribution < 1.29 is 12.6 Å². The predicted molar refractivity (Wildman–Crippen MR) is 70.9 cm³/mol. The fourth-order valence-corrected chi connectivity index (χ4v) is 2.55. The van der Waals surface area contributed by atoms with Crippen molar-refractivity contribution in [2.45, 2.75) is 11.8 Å². The maximum Gasteiger partial charge on any atom is 0.340 e. The van der Waals surface area contributed by atoms with Gasteiger partial charge >= 0.3 is 10.1 Å². The molecular formula is C12H10BrNO3S. The molecule has 4 nitrogen and oxygen atoms in total. The zero-order chi connectivity index (χ0) is 13.2. The molecule has 0 spiro atoms. The van der Waals surface area contributed by atoms with E-state index in [1.165, 1.54) is 18.3 Å². The van der Waals surface area contributed by atoms with Crippen molar-refractivity contribution in [3.05, 3.63) is 52.6 Å². The van der Waals surface area contributed by atoms with Gasteiger partial charge in [-0.25, -0.2) is 4.98 Å². The molecule has 2 aromatic rings. The molecule has 2 rings (SSSR count). The zero-order valence-corrected chi connectivity index (χ0v) is 11.9. The van der Waals surface area contributed by atoms with Crippen LogP contribution in [0.5, 0.6) is 5.88 Å². The fourth-order valence-electron chi connectivity index (χ4n) is 1.33. The Morgan fingerprint density at radius 1 is 1.22 bits per heavy atom. The van der Waals surface area contributed by atoms with Gasteiger partial charge in [-0.1, -0.05) is 22.0 Å². The first kappa shape index (κ1) is 13.0. The predicted octanol–water partition coefficient (Wildman–Crippen LogP) is 2.92. The lowest BCUT2D eigenvalue weighted by Crippen LogP contribution is -2.10. The molecule has 0 amide bonds. The van der Waals surface area contributed by atoms with Crippen LogP contribution in [0.1, 0.15) is 5.56 Å². The smallest absolute Gasteiger partial charge is 0.340 e. The van der Waals surface area contributed by atoms with Crippen LogP contribution in [-0.2, 0) is 10.1 Å². The summed E-state index contributed by atoms with van der Waals surface area (Å²) in [6.45, 7) is 1.81. The molecular weight excluding hydrogens is 318 g/mol. The van der Waals surface area contributed by atoms with Gasteiger partial charge in [0.05, 0.1) is 0 Å². The molecule has 0 fully saturated rings. The number of hydrogen-bond acceptors (Lipinski definition) is 4. The van der Waals surface area contributed by atoms with Gasteiger partial charge in [0.15, 0.2) is 0 Å². The van der Waals surface area contributed by atoms with E-state index in [0.717, 1.165) is 10.0 Å². The highest BCUT2D eigenvalue weighted by Gasteiger charge is 2.17. The van der Waals surface area contributed by atoms with Crippen LogP contribution in [0.4, 0.5) is 0 Å². The van der Waals surface area contributed by atoms with Crippen LogP contribution in [0.2, 0.25) is 0 Å². The average molecular weight is 328 g/mol. The van der Waals surface area contributed by atoms with Crippen molar-refractivity contribution in [2.24, 2.45) is 0 Å². The van der Waals surface area contributed by atoms with E-state index < -0.39 is 10.1 Å². The van der Waals surface area contributed by atoms with E-state index >= 15 is 0 Å². The molecule has 0 aliphatic heterocycles. The second-order valence-electron chi connectivity index (χ2n) is 3.62. The summed E-state index contributed by atoms with van der Waals surface area (Å²) < 4.78 is 29.8. The second kappa shape index (κ2) is 5.07. The number of aromatic nitrogens is 1. The molecule has 0 bridgehead atoms. The monoisotopic (exact) mass is 327 g/mol. The Hall–Kier alpha value is -1.40. The third kappa shape index (κ3) is 2.88. The molecule has 0 saturated heterocycles. The first-order valence-electron chi connectivity index (χ1n) is 5.11. The summed E-state index contributed by atoms with van der Waals surface area (Å²) in [5.41, 5.74) is 0.820. The Labute approximate surface area is 114 Å². The molecule has 1 aromatic heterocycles. The number of nitrogens with zero attached hydrogens (tertiary/aromatic N) is 1. The van der Waals surface area contributed by atoms with E-state index in [0.29, 0.717) is 0 Å². The number of halogens is 1. The molecule has 0 saturated carbocycles. The quantitative estimate of drug-likeness (QED) is 0.813. The van der Waals surface area contributed by atoms with Crippen LogP contribution in [0, 0.1) is 6.92 Å². The number of rotatable bonds is 3. The molecule has 18 heavy (non-hydrogen) atoms. The van der Waals surface area contributed by atoms with E-state index in [-0.39, 0.29) is 10.8 Å². The van der Waals surface area contributed by atoms with Crippen molar-refractivity contribution >= 4 is 26.0 Å². The summed E-state index contributed by atoms with van der Waals surface area (Å²) in [5.74, 6) is 0.0538. The van der Waals surface area contributed by atoms with Gasteiger partial charge < -0.3 is 4.18 Å². The van der Waals surface area contributed by atoms with Crippen molar-refractivity contribution in [2.75, 3.05) is 0 Å². The van der Waals surface area contributed by atoms with Gasteiger partial charge in [-0.05, 0) is 36.8 Å². The van der Waals surface area contributed by atoms with Gasteiger partial charge in [-0.2, -0.15) is 8.42 Å². The minimum absolute atomic E-state index is 0.0538. The minimum atomic E-state index is -3.84. The van der Waals surface area contributed by atoms with Crippen LogP contribution in [-0.4, -0.2) is 13.4 Å². The summed E-state index contributed by atoms with van der Waals surface area (Å²) in [7, 11) is -3.84. The van der Waals surface area contributed by atoms with Gasteiger partial charge in [0.1, 0.15) is 4.90 Å². The lowest BCUT2D eigenvalue weighted by atomic mass is 10.2. The van der Waals surface area contributed by atoms with Crippen LogP contribution >= 0.6 is 15.9 Å². The topological polar surface area (TPSA) is 56.3 Å². The summed E-state index contributed by atoms with van der Waals surface area (Å²) in [5, 5.41) is 0. The molecule has 0 aliphatic carbocycles. The Bertz CT molecular complexity index is 656. The molecule has 0 atom stereocenters. The number of hydrogen-bond donors (Lipinski definition) is 0. The molecule has 94 valence electrons. The van der Waals surface area contributed by atoms with Crippen molar-refractivity contribution in [3.8, 4) is 5.88 Å². The largest absolute Gasteiger partial charge is 0.358 e. The molecule has 0 radical (unpaired) electrons. The zero-order valence-electron chi connectivity index (χ0n) is 9.50. The van der Waals surface area contributed by atoms with E-state index in [9.17, 15) is 8.42 Å². The maximum absolute atomic E-state index is 12.0. The Morgan fingerprint density at radius 3 is 2.61 bits per heavy atom. The highest BCUT2D eigenvalue weighted by Crippen LogP contribution is 2.22. The number of benzene rings is 1. The van der Waals surface area contributed by atoms with E-state index in [4.69, 9.17) is 4.18 Å². The van der Waals surface area contributed by atoms with Crippen LogP contribution in [0.25, 0.3) is 0 Å². The normalized spacial score (nSPS) is 11.2. The highest BCUT2D eigenvalue weighted by molar-refractivity contribution is 9.10. The summed E-state index contributed by atoms with van der Waals surface area (Å²) in [6.07, 6.45) is 1.47. The van der Waals surface area contributed by atoms with Crippen LogP contribution in [0.3, 0.4) is 0 Å². The molecule has 6 heteroatoms. The lowest BCUT2D eigenvalue weighted by molar-refractivity contribution is 0.476. The van der Waals surface area contributed by atoms with Crippen molar-refractivity contribution in [1.29, 1.82) is 0 Å². The van der Waals surface area contributed by atoms with Gasteiger partial charge in [0.25, 0.3) is 0 Å². The van der Waals surface area contributed by atoms with Gasteiger partial charge in [0, 0.05) is 16.7 Å². The molecule has 0 unspecified atom stereocenters. The first-order chi connectivity index (χ1) is 8.49. The van der Waals surface area contributed by atoms with Crippen LogP contribution < -0.4 is 4.18 Å². The van der Waals surface area contributed by atoms with Crippen molar-refractivity contribution in [1.82, 2.24) is 4.98 Å². The van der Waals surface area contributed by atoms with E-state index in [1.807, 2.05) is 6.92 Å². The van der Waals surface area contributed by atoms with E-state index in [2.05, 4.69) is 20.9 Å². The SMILES string of the molecule is Cc1cc(S(=O)(=O)Oc2ccccn2)ccc1Br. The lowest BCUT2D eigenvalue weighted by Gasteiger charge is -2.07. The Kier molecular flexibility index (Phi) is 3.68. The standard InChI is InChI=1S/C12H10BrNO3S/c1-9-8-10(5-6-11(9)13)18(15,16)17-12-4-2-3-7-14-12/h2-8H,1H3. The summed E-state index contributed by atoms with van der Waals surface area (Å²) in [4.78, 5) is 3.92. The molecule has 0 N–H and O–H groups in total. The highest BCUT2D eigenvalue weighted by atomic mass is 79.9. The third-order valence-electron chi connectivity index (χ3n) is 2.25. The van der Waals surface area contributed by atoms with Gasteiger partial charge in [-0.3, -0.25) is 0 Å². The molecule has 1 heterocycles. The maximum atomic E-state index is 12.0. The first-order valence-corrected chi connectivity index (χ1v) is 7.31. The van der Waals surface area contributed by atoms with E-state index in [1.54, 1.807) is 24.3 Å². The number of aryl methyl sites for hydroxylation is 1. The molecule has 1 aromatic carbocycles. The van der Waals surface area contributed by atoms with Crippen molar-refractivity contribution in [3.63, 3.8) is 0 Å². The Morgan fingerprint density at radius 2 is 2.00 bits per heavy atom. The van der Waals surface area contributed by atoms with Gasteiger partial charge in [0.2, 0.25) is 5.88 Å². The second-order valence-corrected chi connectivity index (χ2v) is 6.02. The minimum Gasteiger partial charge on any atom is -0.358 e. The molecule has 0 aliphatic rings. The summed E-state index contributed by atoms with van der Waals surface area (Å²) >= 11 is 3.31. The van der Waals surface area contributed by atoms with Gasteiger partial charge in [-0.15, -0.1) is 0 Å². The Balaban J connectivity index is 2.34.